The molecule has 0 unspecified atom stereocenters. The molecule has 1 aliphatic carbocycles. The third kappa shape index (κ3) is 2.57. The van der Waals surface area contributed by atoms with Crippen LogP contribution in [-0.4, -0.2) is 23.9 Å². The van der Waals surface area contributed by atoms with Gasteiger partial charge in [0.2, 0.25) is 11.6 Å². The number of nitrogens with two attached hydrogens (primary N) is 1. The summed E-state index contributed by atoms with van der Waals surface area (Å²) in [5.74, 6) is -0.668. The largest absolute Gasteiger partial charge is 0.330 e. The molecule has 7 heteroatoms. The van der Waals surface area contributed by atoms with E-state index < -0.39 is 11.6 Å². The second-order valence-corrected chi connectivity index (χ2v) is 4.81. The van der Waals surface area contributed by atoms with Gasteiger partial charge >= 0.3 is 0 Å². The molecule has 0 saturated heterocycles. The van der Waals surface area contributed by atoms with Crippen molar-refractivity contribution >= 4 is 58.1 Å². The minimum Gasteiger partial charge on any atom is -0.330 e. The molecule has 0 aliphatic heterocycles. The summed E-state index contributed by atoms with van der Waals surface area (Å²) < 4.78 is 0. The lowest BCUT2D eigenvalue weighted by Gasteiger charge is -2.13. The number of ketones is 2. The second kappa shape index (κ2) is 5.37. The van der Waals surface area contributed by atoms with E-state index in [4.69, 9.17) is 40.5 Å². The van der Waals surface area contributed by atoms with Crippen molar-refractivity contribution in [3.63, 3.8) is 0 Å². The second-order valence-electron chi connectivity index (χ2n) is 2.57. The Bertz CT molecular complexity index is 389. The van der Waals surface area contributed by atoms with Crippen molar-refractivity contribution in [1.29, 1.82) is 0 Å². The first kappa shape index (κ1) is 13.1. The van der Waals surface area contributed by atoms with E-state index in [0.717, 1.165) is 11.8 Å². The fraction of sp³-hybridized carbons (Fsp3) is 0.250. The Morgan fingerprint density at radius 2 is 1.53 bits per heavy atom. The van der Waals surface area contributed by atoms with Gasteiger partial charge in [0, 0.05) is 12.3 Å². The van der Waals surface area contributed by atoms with E-state index in [0.29, 0.717) is 12.3 Å². The maximum absolute atomic E-state index is 11.6. The molecule has 82 valence electrons. The quantitative estimate of drug-likeness (QED) is 0.806. The van der Waals surface area contributed by atoms with Gasteiger partial charge in [0.1, 0.15) is 15.1 Å². The van der Waals surface area contributed by atoms with E-state index in [1.54, 1.807) is 0 Å². The maximum Gasteiger partial charge on any atom is 0.218 e. The minimum absolute atomic E-state index is 0.113. The predicted molar refractivity (Wildman–Crippen MR) is 63.1 cm³/mol. The summed E-state index contributed by atoms with van der Waals surface area (Å²) in [6, 6.07) is 0. The number of hydrogen-bond acceptors (Lipinski definition) is 4. The summed E-state index contributed by atoms with van der Waals surface area (Å²) in [6.07, 6.45) is 0. The highest BCUT2D eigenvalue weighted by molar-refractivity contribution is 8.04. The standard InChI is InChI=1S/C8H6Cl3NO2S/c9-3-4(10)7(14)8(15-2-1-12)5(11)6(3)13/h1-2,12H2. The molecule has 3 nitrogen and oxygen atoms in total. The Labute approximate surface area is 106 Å². The Morgan fingerprint density at radius 1 is 1.00 bits per heavy atom. The normalized spacial score (nSPS) is 17.9. The van der Waals surface area contributed by atoms with Gasteiger partial charge in [0.15, 0.2) is 0 Å². The van der Waals surface area contributed by atoms with Crippen molar-refractivity contribution in [2.75, 3.05) is 12.3 Å². The molecule has 0 atom stereocenters. The smallest absolute Gasteiger partial charge is 0.218 e. The van der Waals surface area contributed by atoms with Gasteiger partial charge in [-0.25, -0.2) is 0 Å². The van der Waals surface area contributed by atoms with Crippen molar-refractivity contribution < 1.29 is 9.59 Å². The lowest BCUT2D eigenvalue weighted by atomic mass is 10.1. The molecule has 0 spiro atoms. The fourth-order valence-electron chi connectivity index (χ4n) is 0.888. The summed E-state index contributed by atoms with van der Waals surface area (Å²) >= 11 is 17.9. The molecule has 0 aromatic carbocycles. The van der Waals surface area contributed by atoms with E-state index in [2.05, 4.69) is 0 Å². The highest BCUT2D eigenvalue weighted by atomic mass is 35.5. The number of rotatable bonds is 3. The number of thioether (sulfide) groups is 1. The van der Waals surface area contributed by atoms with E-state index >= 15 is 0 Å². The Kier molecular flexibility index (Phi) is 4.67. The Hall–Kier alpha value is -0.000000000000000111. The highest BCUT2D eigenvalue weighted by Crippen LogP contribution is 2.36. The van der Waals surface area contributed by atoms with Crippen LogP contribution < -0.4 is 5.73 Å². The number of hydrogen-bond donors (Lipinski definition) is 1. The van der Waals surface area contributed by atoms with E-state index in [1.165, 1.54) is 0 Å². The van der Waals surface area contributed by atoms with Crippen molar-refractivity contribution in [3.8, 4) is 0 Å². The van der Waals surface area contributed by atoms with Crippen LogP contribution in [0.15, 0.2) is 20.0 Å². The third-order valence-electron chi connectivity index (χ3n) is 1.56. The monoisotopic (exact) mass is 285 g/mol. The number of carbonyl (C=O) groups excluding carboxylic acids is 2. The highest BCUT2D eigenvalue weighted by Gasteiger charge is 2.32. The number of halogens is 3. The fourth-order valence-corrected chi connectivity index (χ4v) is 2.47. The Balaban J connectivity index is 3.05. The molecule has 15 heavy (non-hydrogen) atoms. The van der Waals surface area contributed by atoms with E-state index in [1.807, 2.05) is 0 Å². The third-order valence-corrected chi connectivity index (χ3v) is 3.97. The molecular formula is C8H6Cl3NO2S. The van der Waals surface area contributed by atoms with Crippen LogP contribution in [0.4, 0.5) is 0 Å². The maximum atomic E-state index is 11.6. The Morgan fingerprint density at radius 3 is 2.07 bits per heavy atom. The first-order chi connectivity index (χ1) is 7.00. The molecule has 0 saturated carbocycles. The number of carbonyl (C=O) groups is 2. The summed E-state index contributed by atoms with van der Waals surface area (Å²) in [5, 5.41) is -0.804. The van der Waals surface area contributed by atoms with E-state index in [-0.39, 0.29) is 20.0 Å². The average Bonchev–Trinajstić information content (AvgIpc) is 2.24. The van der Waals surface area contributed by atoms with Crippen LogP contribution >= 0.6 is 46.6 Å². The van der Waals surface area contributed by atoms with Gasteiger partial charge in [0.05, 0.1) is 4.91 Å². The lowest BCUT2D eigenvalue weighted by molar-refractivity contribution is -0.114. The number of Topliss-reactive ketones (excluding diaryl/α,β-unsaturated/α-hetero) is 2. The molecular weight excluding hydrogens is 281 g/mol. The zero-order chi connectivity index (χ0) is 11.6. The van der Waals surface area contributed by atoms with Gasteiger partial charge in [-0.1, -0.05) is 34.8 Å². The molecule has 0 aromatic rings. The van der Waals surface area contributed by atoms with Crippen LogP contribution in [0, 0.1) is 0 Å². The van der Waals surface area contributed by atoms with Crippen LogP contribution in [-0.2, 0) is 9.59 Å². The van der Waals surface area contributed by atoms with E-state index in [9.17, 15) is 9.59 Å². The molecule has 0 bridgehead atoms. The molecule has 1 rings (SSSR count). The van der Waals surface area contributed by atoms with Crippen molar-refractivity contribution in [1.82, 2.24) is 0 Å². The molecule has 0 radical (unpaired) electrons. The minimum atomic E-state index is -0.623. The van der Waals surface area contributed by atoms with Crippen molar-refractivity contribution in [3.05, 3.63) is 20.0 Å². The molecule has 0 heterocycles. The topological polar surface area (TPSA) is 60.2 Å². The SMILES string of the molecule is NCCSC1=C(Cl)C(=O)C(Cl)=C(Cl)C1=O. The zero-order valence-corrected chi connectivity index (χ0v) is 10.4. The van der Waals surface area contributed by atoms with Crippen LogP contribution in [0.5, 0.6) is 0 Å². The van der Waals surface area contributed by atoms with Gasteiger partial charge in [-0.15, -0.1) is 11.8 Å². The molecule has 1 aliphatic rings. The molecule has 0 fully saturated rings. The predicted octanol–water partition coefficient (Wildman–Crippen LogP) is 1.97. The summed E-state index contributed by atoms with van der Waals surface area (Å²) in [6.45, 7) is 0.370. The zero-order valence-electron chi connectivity index (χ0n) is 7.35. The van der Waals surface area contributed by atoms with Gasteiger partial charge in [-0.3, -0.25) is 9.59 Å². The van der Waals surface area contributed by atoms with Gasteiger partial charge in [0.25, 0.3) is 0 Å². The van der Waals surface area contributed by atoms with Gasteiger partial charge in [-0.05, 0) is 0 Å². The van der Waals surface area contributed by atoms with Gasteiger partial charge < -0.3 is 5.73 Å². The first-order valence-electron chi connectivity index (χ1n) is 3.88. The van der Waals surface area contributed by atoms with Crippen molar-refractivity contribution in [2.24, 2.45) is 5.73 Å². The molecule has 0 aromatic heterocycles. The molecule has 0 amide bonds. The molecule has 2 N–H and O–H groups in total. The van der Waals surface area contributed by atoms with Crippen LogP contribution in [0.1, 0.15) is 0 Å². The first-order valence-corrected chi connectivity index (χ1v) is 6.00. The van der Waals surface area contributed by atoms with Crippen LogP contribution in [0.3, 0.4) is 0 Å². The summed E-state index contributed by atoms with van der Waals surface area (Å²) in [4.78, 5) is 23.1. The summed E-state index contributed by atoms with van der Waals surface area (Å²) in [7, 11) is 0. The van der Waals surface area contributed by atoms with Crippen LogP contribution in [0.2, 0.25) is 0 Å². The van der Waals surface area contributed by atoms with Gasteiger partial charge in [-0.2, -0.15) is 0 Å². The summed E-state index contributed by atoms with van der Waals surface area (Å²) in [5.41, 5.74) is 5.28. The lowest BCUT2D eigenvalue weighted by Crippen LogP contribution is -2.17. The number of allylic oxidation sites excluding steroid dienone is 4. The average molecular weight is 287 g/mol. The van der Waals surface area contributed by atoms with Crippen LogP contribution in [0.25, 0.3) is 0 Å². The van der Waals surface area contributed by atoms with Crippen molar-refractivity contribution in [2.45, 2.75) is 0 Å².